The number of carbonyl (C=O) groups excluding carboxylic acids is 1. The zero-order valence-electron chi connectivity index (χ0n) is 26.4. The Morgan fingerprint density at radius 1 is 0.733 bits per heavy atom. The van der Waals surface area contributed by atoms with E-state index in [9.17, 15) is 55.9 Å². The summed E-state index contributed by atoms with van der Waals surface area (Å²) in [6.45, 7) is 4.79. The van der Waals surface area contributed by atoms with E-state index in [2.05, 4.69) is 0 Å². The van der Waals surface area contributed by atoms with Gasteiger partial charge in [-0.3, -0.25) is 4.79 Å². The van der Waals surface area contributed by atoms with Crippen LogP contribution in [0.5, 0.6) is 0 Å². The van der Waals surface area contributed by atoms with Gasteiger partial charge in [0.15, 0.2) is 0 Å². The lowest BCUT2D eigenvalue weighted by Crippen LogP contribution is -2.43. The standard InChI is InChI=1S/C33H54O12/c1-4-12-27(39)30-28(40)18-24(36)16-22(34)15-23(35)17-25(37)19-29(41)32(43)31(42)20(2)13-10-8-6-5-7-9-11-14-26(38)21(3)45-33(30)44/h5-11,13-14,21-32,34-43H,4,12,15-19H2,1-3H3. The molecule has 1 rings (SSSR count). The summed E-state index contributed by atoms with van der Waals surface area (Å²) in [7, 11) is 0. The largest absolute Gasteiger partial charge is 0.459 e. The number of cyclic esters (lactones) is 1. The van der Waals surface area contributed by atoms with Gasteiger partial charge in [0, 0.05) is 12.8 Å². The number of ether oxygens (including phenoxy) is 1. The van der Waals surface area contributed by atoms with Crippen molar-refractivity contribution < 1.29 is 60.6 Å². The van der Waals surface area contributed by atoms with Crippen LogP contribution < -0.4 is 0 Å². The zero-order chi connectivity index (χ0) is 34.1. The lowest BCUT2D eigenvalue weighted by Gasteiger charge is -2.29. The van der Waals surface area contributed by atoms with Crippen molar-refractivity contribution in [1.82, 2.24) is 0 Å². The number of aliphatic hydroxyl groups is 10. The van der Waals surface area contributed by atoms with Crippen LogP contribution in [0.3, 0.4) is 0 Å². The van der Waals surface area contributed by atoms with E-state index in [-0.39, 0.29) is 32.1 Å². The number of esters is 1. The van der Waals surface area contributed by atoms with Gasteiger partial charge in [-0.2, -0.15) is 0 Å². The first-order valence-corrected chi connectivity index (χ1v) is 15.5. The second kappa shape index (κ2) is 21.5. The van der Waals surface area contributed by atoms with Crippen molar-refractivity contribution in [2.24, 2.45) is 5.92 Å². The van der Waals surface area contributed by atoms with E-state index in [1.54, 1.807) is 62.5 Å². The SMILES string of the molecule is CCCC(O)C1C(=O)OC(C)C(O)C=CC=CC=CC=CC=C(C)C(O)C(O)C(O)CC(O)CC(O)CC(O)CC(O)CC1O. The van der Waals surface area contributed by atoms with Gasteiger partial charge in [-0.25, -0.2) is 0 Å². The van der Waals surface area contributed by atoms with Crippen molar-refractivity contribution in [2.75, 3.05) is 0 Å². The monoisotopic (exact) mass is 642 g/mol. The molecule has 12 heteroatoms. The van der Waals surface area contributed by atoms with E-state index >= 15 is 0 Å². The molecule has 10 N–H and O–H groups in total. The van der Waals surface area contributed by atoms with Crippen LogP contribution in [0.4, 0.5) is 0 Å². The highest BCUT2D eigenvalue weighted by Gasteiger charge is 2.37. The molecule has 12 nitrogen and oxygen atoms in total. The molecular weight excluding hydrogens is 588 g/mol. The maximum absolute atomic E-state index is 13.0. The molecule has 258 valence electrons. The van der Waals surface area contributed by atoms with Crippen LogP contribution in [-0.4, -0.2) is 124 Å². The Morgan fingerprint density at radius 3 is 1.73 bits per heavy atom. The smallest absolute Gasteiger partial charge is 0.314 e. The molecule has 0 saturated heterocycles. The Bertz CT molecular complexity index is 992. The van der Waals surface area contributed by atoms with Crippen molar-refractivity contribution in [3.05, 3.63) is 60.3 Å². The summed E-state index contributed by atoms with van der Waals surface area (Å²) in [6, 6.07) is 0. The third-order valence-electron chi connectivity index (χ3n) is 7.65. The quantitative estimate of drug-likeness (QED) is 0.185. The topological polar surface area (TPSA) is 229 Å². The molecule has 0 aromatic rings. The molecule has 0 aromatic carbocycles. The molecule has 0 spiro atoms. The minimum Gasteiger partial charge on any atom is -0.459 e. The van der Waals surface area contributed by atoms with Crippen molar-refractivity contribution in [1.29, 1.82) is 0 Å². The van der Waals surface area contributed by atoms with E-state index in [4.69, 9.17) is 4.74 Å². The highest BCUT2D eigenvalue weighted by Crippen LogP contribution is 2.23. The summed E-state index contributed by atoms with van der Waals surface area (Å²) in [5.41, 5.74) is 0.356. The fraction of sp³-hybridized carbons (Fsp3) is 0.667. The minimum atomic E-state index is -1.61. The molecule has 0 aromatic heterocycles. The molecule has 0 amide bonds. The Labute approximate surface area is 265 Å². The van der Waals surface area contributed by atoms with Gasteiger partial charge in [0.2, 0.25) is 0 Å². The van der Waals surface area contributed by atoms with E-state index in [1.165, 1.54) is 13.0 Å². The van der Waals surface area contributed by atoms with Crippen molar-refractivity contribution in [2.45, 2.75) is 133 Å². The molecule has 0 radical (unpaired) electrons. The average molecular weight is 643 g/mol. The van der Waals surface area contributed by atoms with Gasteiger partial charge in [-0.1, -0.05) is 68.0 Å². The highest BCUT2D eigenvalue weighted by atomic mass is 16.6. The number of carbonyl (C=O) groups is 1. The third kappa shape index (κ3) is 15.7. The first-order valence-electron chi connectivity index (χ1n) is 15.5. The normalized spacial score (nSPS) is 36.9. The summed E-state index contributed by atoms with van der Waals surface area (Å²) in [5.74, 6) is -2.39. The number of hydrogen-bond donors (Lipinski definition) is 10. The van der Waals surface area contributed by atoms with Gasteiger partial charge in [0.25, 0.3) is 0 Å². The fourth-order valence-corrected chi connectivity index (χ4v) is 4.99. The predicted octanol–water partition coefficient (Wildman–Crippen LogP) is 0.0786. The first kappa shape index (κ1) is 40.8. The lowest BCUT2D eigenvalue weighted by molar-refractivity contribution is -0.168. The van der Waals surface area contributed by atoms with Crippen molar-refractivity contribution >= 4 is 5.97 Å². The van der Waals surface area contributed by atoms with Crippen LogP contribution in [0, 0.1) is 5.92 Å². The van der Waals surface area contributed by atoms with Crippen LogP contribution >= 0.6 is 0 Å². The van der Waals surface area contributed by atoms with Crippen LogP contribution in [0.2, 0.25) is 0 Å². The van der Waals surface area contributed by atoms with Gasteiger partial charge in [0.05, 0.1) is 42.7 Å². The van der Waals surface area contributed by atoms with E-state index in [1.807, 2.05) is 0 Å². The van der Waals surface area contributed by atoms with E-state index in [0.29, 0.717) is 12.0 Å². The van der Waals surface area contributed by atoms with Crippen molar-refractivity contribution in [3.8, 4) is 0 Å². The molecule has 0 saturated carbocycles. The second-order valence-electron chi connectivity index (χ2n) is 11.8. The van der Waals surface area contributed by atoms with Crippen LogP contribution in [0.1, 0.15) is 65.7 Å². The molecule has 0 fully saturated rings. The number of aliphatic hydroxyl groups excluding tert-OH is 10. The molecule has 12 atom stereocenters. The maximum atomic E-state index is 13.0. The van der Waals surface area contributed by atoms with Crippen LogP contribution in [-0.2, 0) is 9.53 Å². The molecule has 45 heavy (non-hydrogen) atoms. The molecule has 12 unspecified atom stereocenters. The van der Waals surface area contributed by atoms with E-state index in [0.717, 1.165) is 0 Å². The Hall–Kier alpha value is -2.23. The molecule has 1 heterocycles. The number of hydrogen-bond acceptors (Lipinski definition) is 12. The number of rotatable bonds is 3. The highest BCUT2D eigenvalue weighted by molar-refractivity contribution is 5.74. The maximum Gasteiger partial charge on any atom is 0.314 e. The third-order valence-corrected chi connectivity index (χ3v) is 7.65. The lowest BCUT2D eigenvalue weighted by atomic mass is 9.88. The number of allylic oxidation sites excluding steroid dienone is 8. The molecule has 1 aliphatic rings. The van der Waals surface area contributed by atoms with Gasteiger partial charge in [-0.05, 0) is 45.1 Å². The predicted molar refractivity (Wildman–Crippen MR) is 167 cm³/mol. The molecule has 0 bridgehead atoms. The Kier molecular flexibility index (Phi) is 19.5. The van der Waals surface area contributed by atoms with Crippen LogP contribution in [0.15, 0.2) is 60.3 Å². The Balaban J connectivity index is 3.17. The fourth-order valence-electron chi connectivity index (χ4n) is 4.99. The summed E-state index contributed by atoms with van der Waals surface area (Å²) in [6.07, 6.45) is -1.28. The summed E-state index contributed by atoms with van der Waals surface area (Å²) < 4.78 is 5.35. The summed E-state index contributed by atoms with van der Waals surface area (Å²) in [5, 5.41) is 105. The average Bonchev–Trinajstić information content (AvgIpc) is 2.94. The summed E-state index contributed by atoms with van der Waals surface area (Å²) in [4.78, 5) is 13.0. The molecule has 0 aliphatic carbocycles. The zero-order valence-corrected chi connectivity index (χ0v) is 26.4. The van der Waals surface area contributed by atoms with Gasteiger partial charge < -0.3 is 55.8 Å². The van der Waals surface area contributed by atoms with Gasteiger partial charge >= 0.3 is 5.97 Å². The first-order chi connectivity index (χ1) is 21.2. The van der Waals surface area contributed by atoms with Gasteiger partial charge in [0.1, 0.15) is 30.3 Å². The van der Waals surface area contributed by atoms with Gasteiger partial charge in [-0.15, -0.1) is 0 Å². The Morgan fingerprint density at radius 2 is 1.20 bits per heavy atom. The van der Waals surface area contributed by atoms with Crippen LogP contribution in [0.25, 0.3) is 0 Å². The van der Waals surface area contributed by atoms with Crippen molar-refractivity contribution in [3.63, 3.8) is 0 Å². The molecule has 1 aliphatic heterocycles. The van der Waals surface area contributed by atoms with E-state index < -0.39 is 85.5 Å². The summed E-state index contributed by atoms with van der Waals surface area (Å²) >= 11 is 0. The molecular formula is C33H54O12. The second-order valence-corrected chi connectivity index (χ2v) is 11.8. The minimum absolute atomic E-state index is 0.162.